The van der Waals surface area contributed by atoms with Crippen molar-refractivity contribution in [3.8, 4) is 16.9 Å². The summed E-state index contributed by atoms with van der Waals surface area (Å²) in [6.07, 6.45) is 5.99. The number of nitrogens with zero attached hydrogens (tertiary/aromatic N) is 2. The average molecular weight is 372 g/mol. The maximum Gasteiger partial charge on any atom is 0.159 e. The minimum atomic E-state index is 0.107. The number of benzene rings is 2. The van der Waals surface area contributed by atoms with Crippen LogP contribution in [0.4, 0.5) is 0 Å². The summed E-state index contributed by atoms with van der Waals surface area (Å²) in [4.78, 5) is 12.5. The van der Waals surface area contributed by atoms with Crippen molar-refractivity contribution >= 4 is 11.5 Å². The summed E-state index contributed by atoms with van der Waals surface area (Å²) >= 11 is 0. The summed E-state index contributed by atoms with van der Waals surface area (Å²) < 4.78 is 7.97. The summed E-state index contributed by atoms with van der Waals surface area (Å²) in [6, 6.07) is 16.1. The molecule has 2 unspecified atom stereocenters. The molecule has 4 rings (SSSR count). The van der Waals surface area contributed by atoms with Gasteiger partial charge >= 0.3 is 0 Å². The fraction of sp³-hybridized carbons (Fsp3) is 0.250. The second-order valence-electron chi connectivity index (χ2n) is 7.56. The lowest BCUT2D eigenvalue weighted by Crippen LogP contribution is -2.16. The van der Waals surface area contributed by atoms with E-state index in [1.807, 2.05) is 61.9 Å². The van der Waals surface area contributed by atoms with Crippen molar-refractivity contribution in [2.45, 2.75) is 26.2 Å². The standard InChI is InChI=1S/C24H24N2O2/c1-16-12-20(27)13-24(23-7-5-4-6-22(23)17(16)2)28-21-10-8-18(9-11-21)19-14-25-26(3)15-19/h4-11,13-17H,12H2,1-3H3. The summed E-state index contributed by atoms with van der Waals surface area (Å²) in [5.74, 6) is 2.03. The summed E-state index contributed by atoms with van der Waals surface area (Å²) in [6.45, 7) is 4.32. The van der Waals surface area contributed by atoms with Crippen molar-refractivity contribution in [3.05, 3.63) is 78.1 Å². The van der Waals surface area contributed by atoms with Gasteiger partial charge in [-0.15, -0.1) is 0 Å². The van der Waals surface area contributed by atoms with Gasteiger partial charge in [-0.3, -0.25) is 9.48 Å². The third-order valence-corrected chi connectivity index (χ3v) is 5.51. The molecule has 142 valence electrons. The van der Waals surface area contributed by atoms with E-state index in [-0.39, 0.29) is 5.78 Å². The zero-order valence-electron chi connectivity index (χ0n) is 16.4. The Labute approximate surface area is 165 Å². The smallest absolute Gasteiger partial charge is 0.159 e. The van der Waals surface area contributed by atoms with E-state index in [2.05, 4.69) is 25.0 Å². The third-order valence-electron chi connectivity index (χ3n) is 5.51. The minimum Gasteiger partial charge on any atom is -0.457 e. The van der Waals surface area contributed by atoms with Crippen LogP contribution < -0.4 is 4.74 Å². The van der Waals surface area contributed by atoms with Crippen LogP contribution in [0.2, 0.25) is 0 Å². The Morgan fingerprint density at radius 1 is 1.04 bits per heavy atom. The number of allylic oxidation sites excluding steroid dienone is 1. The minimum absolute atomic E-state index is 0.107. The predicted molar refractivity (Wildman–Crippen MR) is 111 cm³/mol. The molecule has 0 amide bonds. The topological polar surface area (TPSA) is 44.1 Å². The van der Waals surface area contributed by atoms with Crippen molar-refractivity contribution in [2.75, 3.05) is 0 Å². The lowest BCUT2D eigenvalue weighted by molar-refractivity contribution is -0.115. The molecule has 2 atom stereocenters. The van der Waals surface area contributed by atoms with E-state index in [0.717, 1.165) is 16.7 Å². The van der Waals surface area contributed by atoms with E-state index in [1.165, 1.54) is 5.56 Å². The van der Waals surface area contributed by atoms with Crippen LogP contribution in [0.15, 0.2) is 67.0 Å². The highest BCUT2D eigenvalue weighted by Crippen LogP contribution is 2.36. The highest BCUT2D eigenvalue weighted by molar-refractivity contribution is 5.96. The molecule has 2 aromatic carbocycles. The monoisotopic (exact) mass is 372 g/mol. The number of carbonyl (C=O) groups is 1. The molecule has 0 aliphatic heterocycles. The zero-order valence-corrected chi connectivity index (χ0v) is 16.4. The number of rotatable bonds is 3. The molecular formula is C24H24N2O2. The number of aryl methyl sites for hydroxylation is 1. The molecular weight excluding hydrogens is 348 g/mol. The van der Waals surface area contributed by atoms with Crippen LogP contribution in [0, 0.1) is 5.92 Å². The molecule has 0 spiro atoms. The number of ketones is 1. The molecule has 0 saturated heterocycles. The second-order valence-corrected chi connectivity index (χ2v) is 7.56. The molecule has 4 nitrogen and oxygen atoms in total. The van der Waals surface area contributed by atoms with Gasteiger partial charge in [0.25, 0.3) is 0 Å². The van der Waals surface area contributed by atoms with E-state index < -0.39 is 0 Å². The first-order chi connectivity index (χ1) is 13.5. The molecule has 1 aliphatic carbocycles. The van der Waals surface area contributed by atoms with Crippen LogP contribution >= 0.6 is 0 Å². The average Bonchev–Trinajstić information content (AvgIpc) is 3.13. The fourth-order valence-corrected chi connectivity index (χ4v) is 3.70. The molecule has 0 saturated carbocycles. The van der Waals surface area contributed by atoms with E-state index >= 15 is 0 Å². The van der Waals surface area contributed by atoms with Crippen LogP contribution in [0.25, 0.3) is 16.9 Å². The third kappa shape index (κ3) is 3.63. The predicted octanol–water partition coefficient (Wildman–Crippen LogP) is 5.22. The molecule has 1 aromatic heterocycles. The van der Waals surface area contributed by atoms with Gasteiger partial charge in [-0.25, -0.2) is 0 Å². The van der Waals surface area contributed by atoms with Gasteiger partial charge in [-0.1, -0.05) is 50.2 Å². The first-order valence-corrected chi connectivity index (χ1v) is 9.62. The Balaban J connectivity index is 1.66. The van der Waals surface area contributed by atoms with Crippen molar-refractivity contribution in [1.29, 1.82) is 0 Å². The van der Waals surface area contributed by atoms with Gasteiger partial charge in [0, 0.05) is 36.9 Å². The highest BCUT2D eigenvalue weighted by atomic mass is 16.5. The normalized spacial score (nSPS) is 19.4. The summed E-state index contributed by atoms with van der Waals surface area (Å²) in [7, 11) is 1.90. The van der Waals surface area contributed by atoms with Crippen LogP contribution in [0.1, 0.15) is 37.3 Å². The summed E-state index contributed by atoms with van der Waals surface area (Å²) in [5, 5.41) is 4.21. The quantitative estimate of drug-likeness (QED) is 0.633. The van der Waals surface area contributed by atoms with Gasteiger partial charge in [0.15, 0.2) is 5.78 Å². The van der Waals surface area contributed by atoms with Crippen LogP contribution in [0.5, 0.6) is 5.75 Å². The number of aromatic nitrogens is 2. The first kappa shape index (κ1) is 18.2. The number of hydrogen-bond acceptors (Lipinski definition) is 3. The molecule has 0 N–H and O–H groups in total. The number of ether oxygens (including phenoxy) is 1. The molecule has 0 fully saturated rings. The van der Waals surface area contributed by atoms with Crippen molar-refractivity contribution in [3.63, 3.8) is 0 Å². The van der Waals surface area contributed by atoms with E-state index in [9.17, 15) is 4.79 Å². The molecule has 3 aromatic rings. The Kier molecular flexibility index (Phi) is 4.86. The Hall–Kier alpha value is -3.14. The van der Waals surface area contributed by atoms with Crippen molar-refractivity contribution in [1.82, 2.24) is 9.78 Å². The maximum absolute atomic E-state index is 12.5. The SMILES string of the molecule is CC1CC(=O)C=C(Oc2ccc(-c3cnn(C)c3)cc2)c2ccccc2C1C. The molecule has 4 heteroatoms. The molecule has 1 aliphatic rings. The Morgan fingerprint density at radius 2 is 1.79 bits per heavy atom. The lowest BCUT2D eigenvalue weighted by Gasteiger charge is -2.25. The molecule has 0 radical (unpaired) electrons. The molecule has 0 bridgehead atoms. The zero-order chi connectivity index (χ0) is 19.7. The van der Waals surface area contributed by atoms with E-state index in [4.69, 9.17) is 4.74 Å². The van der Waals surface area contributed by atoms with E-state index in [0.29, 0.717) is 29.8 Å². The lowest BCUT2D eigenvalue weighted by atomic mass is 9.81. The van der Waals surface area contributed by atoms with Gasteiger partial charge in [0.2, 0.25) is 0 Å². The highest BCUT2D eigenvalue weighted by Gasteiger charge is 2.24. The number of carbonyl (C=O) groups excluding carboxylic acids is 1. The Morgan fingerprint density at radius 3 is 2.50 bits per heavy atom. The molecule has 1 heterocycles. The second kappa shape index (κ2) is 7.47. The van der Waals surface area contributed by atoms with Crippen LogP contribution in [0.3, 0.4) is 0 Å². The summed E-state index contributed by atoms with van der Waals surface area (Å²) in [5.41, 5.74) is 4.35. The van der Waals surface area contributed by atoms with Gasteiger partial charge in [0.05, 0.1) is 6.20 Å². The van der Waals surface area contributed by atoms with Gasteiger partial charge in [-0.2, -0.15) is 5.10 Å². The largest absolute Gasteiger partial charge is 0.457 e. The van der Waals surface area contributed by atoms with E-state index in [1.54, 1.807) is 10.8 Å². The van der Waals surface area contributed by atoms with Crippen molar-refractivity contribution < 1.29 is 9.53 Å². The van der Waals surface area contributed by atoms with Gasteiger partial charge in [0.1, 0.15) is 11.5 Å². The first-order valence-electron chi connectivity index (χ1n) is 9.62. The number of fused-ring (bicyclic) bond motifs is 1. The molecule has 28 heavy (non-hydrogen) atoms. The van der Waals surface area contributed by atoms with Crippen LogP contribution in [-0.4, -0.2) is 15.6 Å². The van der Waals surface area contributed by atoms with Crippen LogP contribution in [-0.2, 0) is 11.8 Å². The Bertz CT molecular complexity index is 1030. The van der Waals surface area contributed by atoms with Gasteiger partial charge in [-0.05, 0) is 35.1 Å². The fourth-order valence-electron chi connectivity index (χ4n) is 3.70. The van der Waals surface area contributed by atoms with Gasteiger partial charge < -0.3 is 4.74 Å². The maximum atomic E-state index is 12.5. The number of hydrogen-bond donors (Lipinski definition) is 0. The van der Waals surface area contributed by atoms with Crippen molar-refractivity contribution in [2.24, 2.45) is 13.0 Å².